The minimum Gasteiger partial charge on any atom is -0.316 e. The van der Waals surface area contributed by atoms with E-state index >= 15 is 0 Å². The Bertz CT molecular complexity index is 528. The van der Waals surface area contributed by atoms with E-state index in [-0.39, 0.29) is 5.41 Å². The average Bonchev–Trinajstić information content (AvgIpc) is 2.84. The smallest absolute Gasteiger partial charge is 0.160 e. The van der Waals surface area contributed by atoms with Gasteiger partial charge in [-0.1, -0.05) is 6.92 Å². The van der Waals surface area contributed by atoms with Gasteiger partial charge in [0.25, 0.3) is 0 Å². The minimum absolute atomic E-state index is 0.0974. The van der Waals surface area contributed by atoms with E-state index in [1.807, 2.05) is 18.3 Å². The van der Waals surface area contributed by atoms with Crippen molar-refractivity contribution < 1.29 is 0 Å². The second-order valence-electron chi connectivity index (χ2n) is 4.59. The number of fused-ring (bicyclic) bond motifs is 1. The highest BCUT2D eigenvalue weighted by atomic mass is 79.9. The van der Waals surface area contributed by atoms with Crippen LogP contribution < -0.4 is 5.32 Å². The van der Waals surface area contributed by atoms with Crippen LogP contribution in [0.15, 0.2) is 22.8 Å². The summed E-state index contributed by atoms with van der Waals surface area (Å²) < 4.78 is 3.13. The molecule has 2 aromatic rings. The molecule has 3 heterocycles. The first-order chi connectivity index (χ1) is 7.69. The fourth-order valence-corrected chi connectivity index (χ4v) is 2.62. The zero-order valence-corrected chi connectivity index (χ0v) is 10.7. The molecule has 5 heteroatoms. The Morgan fingerprint density at radius 1 is 1.44 bits per heavy atom. The topological polar surface area (TPSA) is 42.2 Å². The highest BCUT2D eigenvalue weighted by Crippen LogP contribution is 2.29. The Kier molecular flexibility index (Phi) is 2.26. The number of hydrogen-bond acceptors (Lipinski definition) is 3. The lowest BCUT2D eigenvalue weighted by Crippen LogP contribution is -2.27. The number of hydrogen-bond donors (Lipinski definition) is 1. The first kappa shape index (κ1) is 10.2. The number of nitrogens with one attached hydrogen (secondary N) is 1. The molecule has 0 radical (unpaired) electrons. The molecular weight excluding hydrogens is 268 g/mol. The fraction of sp³-hybridized carbons (Fsp3) is 0.455. The monoisotopic (exact) mass is 280 g/mol. The average molecular weight is 281 g/mol. The van der Waals surface area contributed by atoms with Crippen molar-refractivity contribution in [2.75, 3.05) is 13.1 Å². The Hall–Kier alpha value is -0.940. The zero-order chi connectivity index (χ0) is 11.2. The molecule has 3 rings (SSSR count). The van der Waals surface area contributed by atoms with Crippen molar-refractivity contribution in [1.29, 1.82) is 0 Å². The molecule has 0 saturated carbocycles. The van der Waals surface area contributed by atoms with Crippen LogP contribution in [-0.2, 0) is 5.41 Å². The number of pyridine rings is 1. The summed E-state index contributed by atoms with van der Waals surface area (Å²) >= 11 is 3.49. The van der Waals surface area contributed by atoms with E-state index in [0.29, 0.717) is 0 Å². The summed E-state index contributed by atoms with van der Waals surface area (Å²) in [6, 6.07) is 3.97. The van der Waals surface area contributed by atoms with Crippen LogP contribution in [0.25, 0.3) is 5.65 Å². The first-order valence-corrected chi connectivity index (χ1v) is 6.20. The Morgan fingerprint density at radius 3 is 3.06 bits per heavy atom. The fourth-order valence-electron chi connectivity index (χ4n) is 2.28. The summed E-state index contributed by atoms with van der Waals surface area (Å²) in [5, 5.41) is 11.9. The van der Waals surface area contributed by atoms with Crippen molar-refractivity contribution in [3.8, 4) is 0 Å². The van der Waals surface area contributed by atoms with Crippen LogP contribution in [0.3, 0.4) is 0 Å². The second kappa shape index (κ2) is 3.53. The molecule has 1 N–H and O–H groups in total. The lowest BCUT2D eigenvalue weighted by atomic mass is 9.89. The lowest BCUT2D eigenvalue weighted by Gasteiger charge is -2.20. The molecule has 0 aliphatic carbocycles. The van der Waals surface area contributed by atoms with Crippen molar-refractivity contribution >= 4 is 21.6 Å². The molecule has 1 aliphatic rings. The minimum atomic E-state index is 0.0974. The molecule has 84 valence electrons. The Labute approximate surface area is 102 Å². The molecule has 0 amide bonds. The van der Waals surface area contributed by atoms with Gasteiger partial charge >= 0.3 is 0 Å². The zero-order valence-electron chi connectivity index (χ0n) is 9.07. The van der Waals surface area contributed by atoms with Crippen LogP contribution in [0.5, 0.6) is 0 Å². The maximum absolute atomic E-state index is 4.34. The molecule has 0 aromatic carbocycles. The quantitative estimate of drug-likeness (QED) is 0.865. The van der Waals surface area contributed by atoms with Crippen LogP contribution in [0.1, 0.15) is 19.2 Å². The van der Waals surface area contributed by atoms with Crippen LogP contribution >= 0.6 is 15.9 Å². The Morgan fingerprint density at radius 2 is 2.31 bits per heavy atom. The summed E-state index contributed by atoms with van der Waals surface area (Å²) in [7, 11) is 0. The molecule has 1 unspecified atom stereocenters. The van der Waals surface area contributed by atoms with Gasteiger partial charge in [-0.2, -0.15) is 0 Å². The molecule has 1 atom stereocenters. The first-order valence-electron chi connectivity index (χ1n) is 5.41. The van der Waals surface area contributed by atoms with Crippen LogP contribution in [0.4, 0.5) is 0 Å². The summed E-state index contributed by atoms with van der Waals surface area (Å²) in [5.74, 6) is 1.05. The highest BCUT2D eigenvalue weighted by molar-refractivity contribution is 9.10. The van der Waals surface area contributed by atoms with E-state index in [0.717, 1.165) is 35.5 Å². The van der Waals surface area contributed by atoms with E-state index in [1.54, 1.807) is 0 Å². The van der Waals surface area contributed by atoms with Crippen LogP contribution in [-0.4, -0.2) is 27.7 Å². The molecule has 1 fully saturated rings. The third-order valence-corrected chi connectivity index (χ3v) is 3.74. The summed E-state index contributed by atoms with van der Waals surface area (Å²) in [4.78, 5) is 0. The number of aromatic nitrogens is 3. The van der Waals surface area contributed by atoms with Crippen molar-refractivity contribution in [1.82, 2.24) is 19.9 Å². The summed E-state index contributed by atoms with van der Waals surface area (Å²) in [6.07, 6.45) is 3.15. The van der Waals surface area contributed by atoms with E-state index in [4.69, 9.17) is 0 Å². The van der Waals surface area contributed by atoms with Crippen LogP contribution in [0.2, 0.25) is 0 Å². The second-order valence-corrected chi connectivity index (χ2v) is 5.50. The maximum Gasteiger partial charge on any atom is 0.160 e. The van der Waals surface area contributed by atoms with Crippen molar-refractivity contribution in [2.45, 2.75) is 18.8 Å². The van der Waals surface area contributed by atoms with Gasteiger partial charge in [-0.15, -0.1) is 10.2 Å². The Balaban J connectivity index is 2.19. The van der Waals surface area contributed by atoms with E-state index in [9.17, 15) is 0 Å². The normalized spacial score (nSPS) is 25.4. The van der Waals surface area contributed by atoms with Gasteiger partial charge in [-0.25, -0.2) is 0 Å². The molecule has 1 saturated heterocycles. The van der Waals surface area contributed by atoms with E-state index in [2.05, 4.69) is 42.8 Å². The maximum atomic E-state index is 4.34. The van der Waals surface area contributed by atoms with Crippen molar-refractivity contribution in [2.24, 2.45) is 0 Å². The number of nitrogens with zero attached hydrogens (tertiary/aromatic N) is 3. The highest BCUT2D eigenvalue weighted by Gasteiger charge is 2.34. The number of halogens is 1. The molecule has 0 spiro atoms. The largest absolute Gasteiger partial charge is 0.316 e. The van der Waals surface area contributed by atoms with E-state index < -0.39 is 0 Å². The van der Waals surface area contributed by atoms with Gasteiger partial charge in [0, 0.05) is 22.6 Å². The van der Waals surface area contributed by atoms with Gasteiger partial charge < -0.3 is 5.32 Å². The third-order valence-electron chi connectivity index (χ3n) is 3.27. The van der Waals surface area contributed by atoms with Gasteiger partial charge in [0.2, 0.25) is 0 Å². The third kappa shape index (κ3) is 1.46. The van der Waals surface area contributed by atoms with Gasteiger partial charge in [-0.3, -0.25) is 4.40 Å². The molecular formula is C11H13BrN4. The molecule has 4 nitrogen and oxygen atoms in total. The summed E-state index contributed by atoms with van der Waals surface area (Å²) in [5.41, 5.74) is 1.01. The van der Waals surface area contributed by atoms with Crippen molar-refractivity contribution in [3.05, 3.63) is 28.6 Å². The molecule has 16 heavy (non-hydrogen) atoms. The lowest BCUT2D eigenvalue weighted by molar-refractivity contribution is 0.484. The predicted molar refractivity (Wildman–Crippen MR) is 65.5 cm³/mol. The molecule has 2 aromatic heterocycles. The standard InChI is InChI=1S/C11H13BrN4/c1-11(4-5-13-7-11)10-15-14-9-3-2-8(12)6-16(9)10/h2-3,6,13H,4-5,7H2,1H3. The van der Waals surface area contributed by atoms with Gasteiger partial charge in [0.15, 0.2) is 5.65 Å². The van der Waals surface area contributed by atoms with Gasteiger partial charge in [-0.05, 0) is 41.0 Å². The van der Waals surface area contributed by atoms with Crippen LogP contribution in [0, 0.1) is 0 Å². The number of rotatable bonds is 1. The van der Waals surface area contributed by atoms with E-state index in [1.165, 1.54) is 0 Å². The molecule has 1 aliphatic heterocycles. The molecule has 0 bridgehead atoms. The predicted octanol–water partition coefficient (Wildman–Crippen LogP) is 1.74. The van der Waals surface area contributed by atoms with Crippen molar-refractivity contribution in [3.63, 3.8) is 0 Å². The van der Waals surface area contributed by atoms with Gasteiger partial charge in [0.05, 0.1) is 0 Å². The van der Waals surface area contributed by atoms with Gasteiger partial charge in [0.1, 0.15) is 5.82 Å². The summed E-state index contributed by atoms with van der Waals surface area (Å²) in [6.45, 7) is 4.27. The SMILES string of the molecule is CC1(c2nnc3ccc(Br)cn23)CCNC1.